The number of carboxylic acid groups (broad SMARTS) is 1. The molecule has 0 aromatic heterocycles. The molecule has 0 atom stereocenters. The Kier molecular flexibility index (Phi) is 5.66. The fourth-order valence-corrected chi connectivity index (χ4v) is 9.23. The normalized spacial score (nSPS) is 13.2. The van der Waals surface area contributed by atoms with E-state index < -0.39 is 5.97 Å². The van der Waals surface area contributed by atoms with E-state index in [0.29, 0.717) is 12.2 Å². The van der Waals surface area contributed by atoms with Crippen LogP contribution in [0.5, 0.6) is 5.75 Å². The molecule has 4 aliphatic rings. The van der Waals surface area contributed by atoms with Gasteiger partial charge in [0.15, 0.2) is 0 Å². The Balaban J connectivity index is 1.08. The van der Waals surface area contributed by atoms with Crippen molar-refractivity contribution in [3.05, 3.63) is 145 Å². The Bertz CT molecular complexity index is 2690. The van der Waals surface area contributed by atoms with Crippen molar-refractivity contribution in [3.63, 3.8) is 0 Å². The van der Waals surface area contributed by atoms with Gasteiger partial charge < -0.3 is 14.7 Å². The lowest BCUT2D eigenvalue weighted by molar-refractivity contribution is -0.120. The molecule has 7 aromatic carbocycles. The van der Waals surface area contributed by atoms with E-state index in [2.05, 4.69) is 95.9 Å². The van der Waals surface area contributed by atoms with Crippen LogP contribution in [-0.2, 0) is 4.79 Å². The molecule has 4 aliphatic heterocycles. The highest BCUT2D eigenvalue weighted by atomic mass is 16.5. The average molecular weight is 653 g/mol. The lowest BCUT2D eigenvalue weighted by Gasteiger charge is -2.42. The second kappa shape index (κ2) is 10.2. The second-order valence-corrected chi connectivity index (χ2v) is 13.7. The van der Waals surface area contributed by atoms with Gasteiger partial charge in [0.2, 0.25) is 13.4 Å². The summed E-state index contributed by atoms with van der Waals surface area (Å²) in [4.78, 5) is 24.8. The number of carbonyl (C=O) groups excluding carboxylic acids is 1. The van der Waals surface area contributed by atoms with Crippen LogP contribution in [0.4, 0.5) is 17.1 Å². The maximum atomic E-state index is 11.5. The van der Waals surface area contributed by atoms with E-state index in [1.807, 2.05) is 36.4 Å². The number of hydrogen-bond acceptors (Lipinski definition) is 4. The Morgan fingerprint density at radius 1 is 0.549 bits per heavy atom. The smallest absolute Gasteiger partial charge is 0.335 e. The number of para-hydroxylation sites is 1. The number of benzene rings is 7. The monoisotopic (exact) mass is 653 g/mol. The van der Waals surface area contributed by atoms with E-state index in [-0.39, 0.29) is 19.0 Å². The van der Waals surface area contributed by atoms with Crippen molar-refractivity contribution < 1.29 is 19.4 Å². The summed E-state index contributed by atoms with van der Waals surface area (Å²) in [5.41, 5.74) is 21.2. The number of nitrogens with zero attached hydrogens (tertiary/aromatic N) is 1. The van der Waals surface area contributed by atoms with Crippen LogP contribution in [0.2, 0.25) is 0 Å². The SMILES string of the molecule is O=COc1ccc(-c2ccc3c(c2)-c2cccc4c2B3c2cccc3c2N4c2cccc4c2B3c2ccc(-c3ccc(C(=O)O)cc3)cc2-4)cc1. The van der Waals surface area contributed by atoms with Crippen LogP contribution >= 0.6 is 0 Å². The minimum atomic E-state index is -0.920. The molecule has 51 heavy (non-hydrogen) atoms. The van der Waals surface area contributed by atoms with E-state index in [1.54, 1.807) is 12.1 Å². The lowest BCUT2D eigenvalue weighted by Crippen LogP contribution is -2.62. The van der Waals surface area contributed by atoms with Crippen molar-refractivity contribution in [2.75, 3.05) is 4.90 Å². The highest BCUT2D eigenvalue weighted by Crippen LogP contribution is 2.44. The van der Waals surface area contributed by atoms with Crippen molar-refractivity contribution in [3.8, 4) is 50.3 Å². The first kappa shape index (κ1) is 28.3. The zero-order valence-corrected chi connectivity index (χ0v) is 27.1. The molecule has 0 spiro atoms. The average Bonchev–Trinajstić information content (AvgIpc) is 3.69. The molecule has 0 saturated heterocycles. The van der Waals surface area contributed by atoms with Crippen LogP contribution in [0.3, 0.4) is 0 Å². The quantitative estimate of drug-likeness (QED) is 0.201. The topological polar surface area (TPSA) is 66.8 Å². The highest BCUT2D eigenvalue weighted by Gasteiger charge is 2.49. The summed E-state index contributed by atoms with van der Waals surface area (Å²) >= 11 is 0. The molecule has 0 unspecified atom stereocenters. The van der Waals surface area contributed by atoms with E-state index in [9.17, 15) is 14.7 Å². The highest BCUT2D eigenvalue weighted by molar-refractivity contribution is 7.05. The summed E-state index contributed by atoms with van der Waals surface area (Å²) in [6, 6.07) is 48.7. The summed E-state index contributed by atoms with van der Waals surface area (Å²) in [5.74, 6) is -0.393. The molecule has 0 aliphatic carbocycles. The van der Waals surface area contributed by atoms with Crippen molar-refractivity contribution in [2.45, 2.75) is 0 Å². The molecule has 7 aromatic rings. The largest absolute Gasteiger partial charge is 0.478 e. The zero-order chi connectivity index (χ0) is 34.0. The second-order valence-electron chi connectivity index (χ2n) is 13.7. The molecule has 4 heterocycles. The lowest BCUT2D eigenvalue weighted by atomic mass is 9.32. The van der Waals surface area contributed by atoms with Gasteiger partial charge in [0, 0.05) is 17.1 Å². The van der Waals surface area contributed by atoms with Gasteiger partial charge in [0.05, 0.1) is 5.56 Å². The van der Waals surface area contributed by atoms with Crippen molar-refractivity contribution >= 4 is 75.7 Å². The van der Waals surface area contributed by atoms with Gasteiger partial charge >= 0.3 is 5.97 Å². The van der Waals surface area contributed by atoms with Gasteiger partial charge in [-0.2, -0.15) is 0 Å². The third-order valence-corrected chi connectivity index (χ3v) is 11.3. The standard InChI is InChI=1S/C44H25B2NO4/c48-24-51-30-18-14-26(15-19-30)29-17-21-36-34(23-29)32-5-2-9-40-42(32)46(36)38-7-3-6-37-43(38)47(40)39-8-1-4-31-33-22-28(16-20-35(33)45(37)41(31)39)25-10-12-27(13-11-25)44(49)50/h1-24H,(H,49,50). The molecule has 7 heteroatoms. The molecule has 0 saturated carbocycles. The van der Waals surface area contributed by atoms with Gasteiger partial charge in [-0.05, 0) is 115 Å². The van der Waals surface area contributed by atoms with Gasteiger partial charge in [0.25, 0.3) is 6.47 Å². The van der Waals surface area contributed by atoms with E-state index in [4.69, 9.17) is 4.74 Å². The summed E-state index contributed by atoms with van der Waals surface area (Å²) in [6.07, 6.45) is 0. The van der Waals surface area contributed by atoms with Crippen LogP contribution in [0.25, 0.3) is 44.5 Å². The van der Waals surface area contributed by atoms with Gasteiger partial charge in [-0.3, -0.25) is 4.79 Å². The molecule has 1 N–H and O–H groups in total. The summed E-state index contributed by atoms with van der Waals surface area (Å²) < 4.78 is 5.03. The summed E-state index contributed by atoms with van der Waals surface area (Å²) in [5, 5.41) is 9.42. The molecular weight excluding hydrogens is 628 g/mol. The predicted octanol–water partition coefficient (Wildman–Crippen LogP) is 5.34. The zero-order valence-electron chi connectivity index (χ0n) is 27.1. The molecule has 0 radical (unpaired) electrons. The molecular formula is C44H25B2NO4. The molecule has 0 bridgehead atoms. The van der Waals surface area contributed by atoms with Gasteiger partial charge in [-0.25, -0.2) is 4.79 Å². The molecule has 5 nitrogen and oxygen atoms in total. The molecule has 0 amide bonds. The Labute approximate surface area is 294 Å². The minimum absolute atomic E-state index is 0.111. The molecule has 11 rings (SSSR count). The molecule has 236 valence electrons. The van der Waals surface area contributed by atoms with E-state index in [1.165, 1.54) is 72.1 Å². The number of carbonyl (C=O) groups is 2. The summed E-state index contributed by atoms with van der Waals surface area (Å²) in [6.45, 7) is 0.687. The Hall–Kier alpha value is -6.59. The van der Waals surface area contributed by atoms with E-state index in [0.717, 1.165) is 22.3 Å². The fourth-order valence-electron chi connectivity index (χ4n) is 9.23. The maximum absolute atomic E-state index is 11.5. The van der Waals surface area contributed by atoms with Crippen LogP contribution in [0.1, 0.15) is 10.4 Å². The first-order valence-corrected chi connectivity index (χ1v) is 17.1. The number of anilines is 3. The van der Waals surface area contributed by atoms with Crippen molar-refractivity contribution in [1.29, 1.82) is 0 Å². The van der Waals surface area contributed by atoms with Gasteiger partial charge in [0.1, 0.15) is 5.75 Å². The van der Waals surface area contributed by atoms with Gasteiger partial charge in [-0.1, -0.05) is 102 Å². The van der Waals surface area contributed by atoms with Crippen molar-refractivity contribution in [2.24, 2.45) is 0 Å². The van der Waals surface area contributed by atoms with Crippen LogP contribution in [0.15, 0.2) is 140 Å². The van der Waals surface area contributed by atoms with Crippen LogP contribution < -0.4 is 42.4 Å². The van der Waals surface area contributed by atoms with Crippen LogP contribution in [0, 0.1) is 0 Å². The maximum Gasteiger partial charge on any atom is 0.335 e. The Morgan fingerprint density at radius 3 is 1.55 bits per heavy atom. The summed E-state index contributed by atoms with van der Waals surface area (Å²) in [7, 11) is 0. The predicted molar refractivity (Wildman–Crippen MR) is 206 cm³/mol. The van der Waals surface area contributed by atoms with Crippen LogP contribution in [-0.4, -0.2) is 31.0 Å². The molecule has 0 fully saturated rings. The minimum Gasteiger partial charge on any atom is -0.478 e. The first-order chi connectivity index (χ1) is 25.1. The van der Waals surface area contributed by atoms with E-state index >= 15 is 0 Å². The third kappa shape index (κ3) is 3.78. The third-order valence-electron chi connectivity index (χ3n) is 11.3. The fraction of sp³-hybridized carbons (Fsp3) is 0. The Morgan fingerprint density at radius 2 is 1.04 bits per heavy atom. The van der Waals surface area contributed by atoms with Crippen molar-refractivity contribution in [1.82, 2.24) is 0 Å². The number of fused-ring (bicyclic) bond motifs is 10. The number of carboxylic acids is 1. The number of hydrogen-bond donors (Lipinski definition) is 1. The number of aromatic carboxylic acids is 1. The van der Waals surface area contributed by atoms with Gasteiger partial charge in [-0.15, -0.1) is 0 Å². The number of ether oxygens (including phenoxy) is 1. The number of rotatable bonds is 5. The first-order valence-electron chi connectivity index (χ1n) is 17.1.